The highest BCUT2D eigenvalue weighted by molar-refractivity contribution is 5.95. The number of likely N-dealkylation sites (tertiary alicyclic amines) is 1. The predicted molar refractivity (Wildman–Crippen MR) is 71.5 cm³/mol. The van der Waals surface area contributed by atoms with Gasteiger partial charge in [-0.2, -0.15) is 0 Å². The Kier molecular flexibility index (Phi) is 3.64. The van der Waals surface area contributed by atoms with Crippen LogP contribution in [0, 0.1) is 0 Å². The Morgan fingerprint density at radius 2 is 2.05 bits per heavy atom. The van der Waals surface area contributed by atoms with Gasteiger partial charge in [0.15, 0.2) is 5.75 Å². The minimum atomic E-state index is -0.972. The molecule has 112 valence electrons. The number of ether oxygens (including phenoxy) is 2. The van der Waals surface area contributed by atoms with Gasteiger partial charge in [-0.05, 0) is 31.4 Å². The van der Waals surface area contributed by atoms with Crippen LogP contribution < -0.4 is 9.47 Å². The molecule has 3 heterocycles. The van der Waals surface area contributed by atoms with Gasteiger partial charge in [-0.1, -0.05) is 0 Å². The normalized spacial score (nSPS) is 21.0. The molecule has 7 nitrogen and oxygen atoms in total. The van der Waals surface area contributed by atoms with Crippen molar-refractivity contribution in [1.82, 2.24) is 9.88 Å². The molecule has 0 saturated carbocycles. The molecule has 1 amide bonds. The first-order valence-electron chi connectivity index (χ1n) is 6.97. The topological polar surface area (TPSA) is 89.0 Å². The van der Waals surface area contributed by atoms with Crippen molar-refractivity contribution >= 4 is 11.9 Å². The lowest BCUT2D eigenvalue weighted by Crippen LogP contribution is -2.48. The molecule has 1 fully saturated rings. The lowest BCUT2D eigenvalue weighted by molar-refractivity contribution is -0.143. The number of aliphatic carboxylic acids is 1. The molecule has 0 aromatic carbocycles. The lowest BCUT2D eigenvalue weighted by atomic mass is 10.0. The average Bonchev–Trinajstić information content (AvgIpc) is 2.53. The summed E-state index contributed by atoms with van der Waals surface area (Å²) in [5, 5.41) is 9.24. The molecule has 2 aliphatic rings. The van der Waals surface area contributed by atoms with Crippen molar-refractivity contribution in [2.45, 2.75) is 25.3 Å². The fourth-order valence-corrected chi connectivity index (χ4v) is 2.63. The Labute approximate surface area is 121 Å². The van der Waals surface area contributed by atoms with E-state index in [9.17, 15) is 14.7 Å². The summed E-state index contributed by atoms with van der Waals surface area (Å²) < 4.78 is 10.7. The van der Waals surface area contributed by atoms with Crippen molar-refractivity contribution in [1.29, 1.82) is 0 Å². The number of carboxylic acid groups (broad SMARTS) is 1. The summed E-state index contributed by atoms with van der Waals surface area (Å²) in [6, 6.07) is 2.40. The standard InChI is InChI=1S/C14H16N2O5/c17-13(16-6-2-1-3-10(16)14(18)19)9-4-5-11-12(15-9)21-8-7-20-11/h4-5,10H,1-3,6-8H2,(H,18,19). The zero-order valence-electron chi connectivity index (χ0n) is 11.4. The van der Waals surface area contributed by atoms with Crippen LogP contribution in [-0.2, 0) is 4.79 Å². The van der Waals surface area contributed by atoms with E-state index in [0.717, 1.165) is 12.8 Å². The van der Waals surface area contributed by atoms with E-state index in [0.29, 0.717) is 31.9 Å². The molecule has 1 aromatic rings. The minimum Gasteiger partial charge on any atom is -0.484 e. The zero-order valence-corrected chi connectivity index (χ0v) is 11.4. The number of nitrogens with zero attached hydrogens (tertiary/aromatic N) is 2. The summed E-state index contributed by atoms with van der Waals surface area (Å²) in [5.41, 5.74) is 0.187. The molecule has 1 N–H and O–H groups in total. The minimum absolute atomic E-state index is 0.187. The molecule has 21 heavy (non-hydrogen) atoms. The third-order valence-electron chi connectivity index (χ3n) is 3.67. The lowest BCUT2D eigenvalue weighted by Gasteiger charge is -2.32. The number of hydrogen-bond acceptors (Lipinski definition) is 5. The quantitative estimate of drug-likeness (QED) is 0.872. The smallest absolute Gasteiger partial charge is 0.326 e. The number of carbonyl (C=O) groups excluding carboxylic acids is 1. The molecule has 3 rings (SSSR count). The van der Waals surface area contributed by atoms with Crippen LogP contribution >= 0.6 is 0 Å². The van der Waals surface area contributed by atoms with Gasteiger partial charge in [-0.25, -0.2) is 9.78 Å². The molecule has 1 unspecified atom stereocenters. The van der Waals surface area contributed by atoms with Crippen molar-refractivity contribution in [3.8, 4) is 11.6 Å². The maximum atomic E-state index is 12.5. The van der Waals surface area contributed by atoms with Crippen LogP contribution in [0.4, 0.5) is 0 Å². The van der Waals surface area contributed by atoms with E-state index >= 15 is 0 Å². The van der Waals surface area contributed by atoms with E-state index in [1.807, 2.05) is 0 Å². The number of carboxylic acids is 1. The fraction of sp³-hybridized carbons (Fsp3) is 0.500. The van der Waals surface area contributed by atoms with Gasteiger partial charge in [0, 0.05) is 6.54 Å². The van der Waals surface area contributed by atoms with Crippen LogP contribution in [-0.4, -0.2) is 52.7 Å². The van der Waals surface area contributed by atoms with Gasteiger partial charge < -0.3 is 19.5 Å². The molecular formula is C14H16N2O5. The second-order valence-corrected chi connectivity index (χ2v) is 5.05. The number of piperidine rings is 1. The summed E-state index contributed by atoms with van der Waals surface area (Å²) in [7, 11) is 0. The van der Waals surface area contributed by atoms with Crippen molar-refractivity contribution in [2.75, 3.05) is 19.8 Å². The van der Waals surface area contributed by atoms with E-state index in [-0.39, 0.29) is 17.5 Å². The number of aromatic nitrogens is 1. The maximum Gasteiger partial charge on any atom is 0.326 e. The summed E-state index contributed by atoms with van der Waals surface area (Å²) in [5.74, 6) is -0.554. The summed E-state index contributed by atoms with van der Waals surface area (Å²) >= 11 is 0. The Morgan fingerprint density at radius 3 is 2.86 bits per heavy atom. The third kappa shape index (κ3) is 2.63. The van der Waals surface area contributed by atoms with Gasteiger partial charge in [0.25, 0.3) is 11.8 Å². The summed E-state index contributed by atoms with van der Waals surface area (Å²) in [6.07, 6.45) is 2.10. The second-order valence-electron chi connectivity index (χ2n) is 5.05. The maximum absolute atomic E-state index is 12.5. The van der Waals surface area contributed by atoms with Crippen LogP contribution in [0.5, 0.6) is 11.6 Å². The Morgan fingerprint density at radius 1 is 1.24 bits per heavy atom. The first-order chi connectivity index (χ1) is 10.2. The van der Waals surface area contributed by atoms with E-state index < -0.39 is 12.0 Å². The van der Waals surface area contributed by atoms with Gasteiger partial charge in [-0.15, -0.1) is 0 Å². The van der Waals surface area contributed by atoms with Crippen molar-refractivity contribution < 1.29 is 24.2 Å². The van der Waals surface area contributed by atoms with Crippen molar-refractivity contribution in [3.05, 3.63) is 17.8 Å². The number of fused-ring (bicyclic) bond motifs is 1. The molecule has 1 aromatic heterocycles. The first kappa shape index (κ1) is 13.7. The van der Waals surface area contributed by atoms with Gasteiger partial charge >= 0.3 is 5.97 Å². The Balaban J connectivity index is 1.85. The predicted octanol–water partition coefficient (Wildman–Crippen LogP) is 0.932. The SMILES string of the molecule is O=C(O)C1CCCCN1C(=O)c1ccc2c(n1)OCCO2. The number of carbonyl (C=O) groups is 2. The molecule has 0 bridgehead atoms. The number of rotatable bonds is 2. The molecule has 1 atom stereocenters. The van der Waals surface area contributed by atoms with Crippen LogP contribution in [0.3, 0.4) is 0 Å². The Hall–Kier alpha value is -2.31. The number of hydrogen-bond donors (Lipinski definition) is 1. The van der Waals surface area contributed by atoms with Gasteiger partial charge in [0.2, 0.25) is 0 Å². The highest BCUT2D eigenvalue weighted by Crippen LogP contribution is 2.28. The van der Waals surface area contributed by atoms with E-state index in [2.05, 4.69) is 4.98 Å². The molecule has 2 aliphatic heterocycles. The summed E-state index contributed by atoms with van der Waals surface area (Å²) in [4.78, 5) is 29.3. The largest absolute Gasteiger partial charge is 0.484 e. The van der Waals surface area contributed by atoms with Gasteiger partial charge in [0.05, 0.1) is 0 Å². The molecule has 1 saturated heterocycles. The van der Waals surface area contributed by atoms with E-state index in [1.54, 1.807) is 12.1 Å². The average molecular weight is 292 g/mol. The second kappa shape index (κ2) is 5.59. The van der Waals surface area contributed by atoms with Crippen LogP contribution in [0.15, 0.2) is 12.1 Å². The molecule has 7 heteroatoms. The first-order valence-corrected chi connectivity index (χ1v) is 6.97. The molecule has 0 spiro atoms. The highest BCUT2D eigenvalue weighted by atomic mass is 16.6. The highest BCUT2D eigenvalue weighted by Gasteiger charge is 2.33. The van der Waals surface area contributed by atoms with Crippen molar-refractivity contribution in [3.63, 3.8) is 0 Å². The van der Waals surface area contributed by atoms with Crippen molar-refractivity contribution in [2.24, 2.45) is 0 Å². The van der Waals surface area contributed by atoms with Crippen LogP contribution in [0.25, 0.3) is 0 Å². The Bertz CT molecular complexity index is 574. The third-order valence-corrected chi connectivity index (χ3v) is 3.67. The van der Waals surface area contributed by atoms with Gasteiger partial charge in [0.1, 0.15) is 24.9 Å². The molecule has 0 aliphatic carbocycles. The van der Waals surface area contributed by atoms with E-state index in [4.69, 9.17) is 9.47 Å². The molecular weight excluding hydrogens is 276 g/mol. The fourth-order valence-electron chi connectivity index (χ4n) is 2.63. The van der Waals surface area contributed by atoms with Gasteiger partial charge in [-0.3, -0.25) is 4.79 Å². The number of pyridine rings is 1. The number of amides is 1. The monoisotopic (exact) mass is 292 g/mol. The summed E-state index contributed by atoms with van der Waals surface area (Å²) in [6.45, 7) is 1.28. The zero-order chi connectivity index (χ0) is 14.8. The van der Waals surface area contributed by atoms with Crippen LogP contribution in [0.2, 0.25) is 0 Å². The van der Waals surface area contributed by atoms with E-state index in [1.165, 1.54) is 4.90 Å². The van der Waals surface area contributed by atoms with Crippen LogP contribution in [0.1, 0.15) is 29.8 Å². The molecule has 0 radical (unpaired) electrons.